The van der Waals surface area contributed by atoms with Crippen LogP contribution in [0.3, 0.4) is 0 Å². The minimum atomic E-state index is -4.39. The van der Waals surface area contributed by atoms with Crippen molar-refractivity contribution in [2.75, 3.05) is 6.54 Å². The van der Waals surface area contributed by atoms with Gasteiger partial charge in [0.25, 0.3) is 5.91 Å². The summed E-state index contributed by atoms with van der Waals surface area (Å²) in [6.45, 7) is 2.81. The fraction of sp³-hybridized carbons (Fsp3) is 0.267. The number of nitrogens with zero attached hydrogens (tertiary/aromatic N) is 1. The molecule has 1 heterocycles. The molecule has 0 radical (unpaired) electrons. The zero-order valence-corrected chi connectivity index (χ0v) is 12.2. The average molecular weight is 313 g/mol. The maximum atomic E-state index is 12.5. The predicted octanol–water partition coefficient (Wildman–Crippen LogP) is 4.43. The second kappa shape index (κ2) is 6.30. The number of halogens is 3. The Morgan fingerprint density at radius 1 is 1.19 bits per heavy atom. The van der Waals surface area contributed by atoms with E-state index < -0.39 is 11.7 Å². The molecule has 0 saturated heterocycles. The topological polar surface area (TPSA) is 20.3 Å². The van der Waals surface area contributed by atoms with E-state index in [1.54, 1.807) is 16.2 Å². The number of alkyl halides is 3. The molecule has 6 heteroatoms. The third kappa shape index (κ3) is 3.85. The first-order valence-electron chi connectivity index (χ1n) is 6.40. The maximum Gasteiger partial charge on any atom is 0.416 e. The van der Waals surface area contributed by atoms with Gasteiger partial charge in [-0.25, -0.2) is 0 Å². The molecule has 0 N–H and O–H groups in total. The number of hydrogen-bond donors (Lipinski definition) is 0. The van der Waals surface area contributed by atoms with Crippen LogP contribution in [0.4, 0.5) is 13.2 Å². The fourth-order valence-corrected chi connectivity index (χ4v) is 2.62. The van der Waals surface area contributed by atoms with Crippen molar-refractivity contribution in [2.24, 2.45) is 0 Å². The molecule has 0 bridgehead atoms. The molecule has 2 aromatic rings. The van der Waals surface area contributed by atoms with Crippen molar-refractivity contribution in [1.82, 2.24) is 4.90 Å². The van der Waals surface area contributed by atoms with Crippen LogP contribution in [0.25, 0.3) is 0 Å². The van der Waals surface area contributed by atoms with E-state index in [-0.39, 0.29) is 11.5 Å². The molecule has 21 heavy (non-hydrogen) atoms. The van der Waals surface area contributed by atoms with Crippen LogP contribution in [0, 0.1) is 0 Å². The van der Waals surface area contributed by atoms with Crippen molar-refractivity contribution in [1.29, 1.82) is 0 Å². The van der Waals surface area contributed by atoms with Gasteiger partial charge in [-0.15, -0.1) is 11.3 Å². The molecule has 0 aliphatic rings. The van der Waals surface area contributed by atoms with Crippen molar-refractivity contribution in [3.8, 4) is 0 Å². The van der Waals surface area contributed by atoms with Crippen LogP contribution in [0.15, 0.2) is 41.8 Å². The summed E-state index contributed by atoms with van der Waals surface area (Å²) in [4.78, 5) is 15.0. The second-order valence-electron chi connectivity index (χ2n) is 4.47. The lowest BCUT2D eigenvalue weighted by molar-refractivity contribution is -0.137. The maximum absolute atomic E-state index is 12.5. The SMILES string of the molecule is CCN(Cc1cccs1)C(=O)c1ccc(C(F)(F)F)cc1. The average Bonchev–Trinajstić information content (AvgIpc) is 2.96. The van der Waals surface area contributed by atoms with Gasteiger partial charge in [0.15, 0.2) is 0 Å². The van der Waals surface area contributed by atoms with Gasteiger partial charge in [0.1, 0.15) is 0 Å². The molecule has 0 aliphatic heterocycles. The summed E-state index contributed by atoms with van der Waals surface area (Å²) in [5.41, 5.74) is -0.484. The van der Waals surface area contributed by atoms with Crippen LogP contribution in [-0.4, -0.2) is 17.4 Å². The third-order valence-corrected chi connectivity index (χ3v) is 3.92. The molecule has 0 atom stereocenters. The lowest BCUT2D eigenvalue weighted by Crippen LogP contribution is -2.30. The monoisotopic (exact) mass is 313 g/mol. The standard InChI is InChI=1S/C15H14F3NOS/c1-2-19(10-13-4-3-9-21-13)14(20)11-5-7-12(8-6-11)15(16,17)18/h3-9H,2,10H2,1H3. The number of carbonyl (C=O) groups is 1. The first-order chi connectivity index (χ1) is 9.91. The molecule has 0 aliphatic carbocycles. The Bertz CT molecular complexity index is 590. The fourth-order valence-electron chi connectivity index (χ4n) is 1.90. The van der Waals surface area contributed by atoms with Gasteiger partial charge < -0.3 is 4.90 Å². The predicted molar refractivity (Wildman–Crippen MR) is 76.2 cm³/mol. The summed E-state index contributed by atoms with van der Waals surface area (Å²) < 4.78 is 37.5. The lowest BCUT2D eigenvalue weighted by Gasteiger charge is -2.20. The van der Waals surface area contributed by atoms with Crippen LogP contribution in [0.2, 0.25) is 0 Å². The molecule has 2 nitrogen and oxygen atoms in total. The Hall–Kier alpha value is -1.82. The normalized spacial score (nSPS) is 11.4. The van der Waals surface area contributed by atoms with E-state index >= 15 is 0 Å². The second-order valence-corrected chi connectivity index (χ2v) is 5.51. The van der Waals surface area contributed by atoms with E-state index in [0.29, 0.717) is 13.1 Å². The van der Waals surface area contributed by atoms with Gasteiger partial charge in [-0.2, -0.15) is 13.2 Å². The Labute approximate surface area is 124 Å². The summed E-state index contributed by atoms with van der Waals surface area (Å²) in [7, 11) is 0. The molecular weight excluding hydrogens is 299 g/mol. The molecule has 112 valence electrons. The Morgan fingerprint density at radius 2 is 1.86 bits per heavy atom. The van der Waals surface area contributed by atoms with E-state index in [9.17, 15) is 18.0 Å². The highest BCUT2D eigenvalue weighted by Crippen LogP contribution is 2.29. The van der Waals surface area contributed by atoms with Crippen molar-refractivity contribution in [3.05, 3.63) is 57.8 Å². The molecule has 0 spiro atoms. The minimum Gasteiger partial charge on any atom is -0.334 e. The van der Waals surface area contributed by atoms with Crippen molar-refractivity contribution in [2.45, 2.75) is 19.6 Å². The molecule has 0 fully saturated rings. The number of carbonyl (C=O) groups excluding carboxylic acids is 1. The van der Waals surface area contributed by atoms with Gasteiger partial charge in [-0.05, 0) is 42.6 Å². The highest BCUT2D eigenvalue weighted by molar-refractivity contribution is 7.09. The molecule has 2 rings (SSSR count). The summed E-state index contributed by atoms with van der Waals surface area (Å²) in [5, 5.41) is 1.92. The first kappa shape index (κ1) is 15.6. The number of hydrogen-bond acceptors (Lipinski definition) is 2. The Morgan fingerprint density at radius 3 is 2.33 bits per heavy atom. The first-order valence-corrected chi connectivity index (χ1v) is 7.28. The minimum absolute atomic E-state index is 0.264. The van der Waals surface area contributed by atoms with Gasteiger partial charge >= 0.3 is 6.18 Å². The van der Waals surface area contributed by atoms with E-state index in [1.807, 2.05) is 24.4 Å². The summed E-state index contributed by atoms with van der Waals surface area (Å²) in [6.07, 6.45) is -4.39. The van der Waals surface area contributed by atoms with Crippen LogP contribution in [0.1, 0.15) is 27.7 Å². The summed E-state index contributed by atoms with van der Waals surface area (Å²) >= 11 is 1.54. The number of benzene rings is 1. The van der Waals surface area contributed by atoms with Crippen LogP contribution < -0.4 is 0 Å². The Balaban J connectivity index is 2.14. The van der Waals surface area contributed by atoms with E-state index in [0.717, 1.165) is 17.0 Å². The highest BCUT2D eigenvalue weighted by Gasteiger charge is 2.30. The van der Waals surface area contributed by atoms with Crippen molar-refractivity contribution in [3.63, 3.8) is 0 Å². The van der Waals surface area contributed by atoms with Crippen LogP contribution in [-0.2, 0) is 12.7 Å². The summed E-state index contributed by atoms with van der Waals surface area (Å²) in [6, 6.07) is 8.15. The van der Waals surface area contributed by atoms with Gasteiger partial charge in [0, 0.05) is 17.0 Å². The number of thiophene rings is 1. The van der Waals surface area contributed by atoms with E-state index in [4.69, 9.17) is 0 Å². The quantitative estimate of drug-likeness (QED) is 0.818. The number of rotatable bonds is 4. The van der Waals surface area contributed by atoms with Gasteiger partial charge in [0.2, 0.25) is 0 Å². The smallest absolute Gasteiger partial charge is 0.334 e. The van der Waals surface area contributed by atoms with Gasteiger partial charge in [-0.1, -0.05) is 6.07 Å². The molecule has 0 saturated carbocycles. The van der Waals surface area contributed by atoms with E-state index in [1.165, 1.54) is 12.1 Å². The Kier molecular flexibility index (Phi) is 4.67. The van der Waals surface area contributed by atoms with Crippen molar-refractivity contribution < 1.29 is 18.0 Å². The zero-order chi connectivity index (χ0) is 15.5. The van der Waals surface area contributed by atoms with E-state index in [2.05, 4.69) is 0 Å². The number of amides is 1. The molecule has 1 aromatic carbocycles. The molecular formula is C15H14F3NOS. The van der Waals surface area contributed by atoms with Gasteiger partial charge in [-0.3, -0.25) is 4.79 Å². The molecule has 1 aromatic heterocycles. The third-order valence-electron chi connectivity index (χ3n) is 3.05. The zero-order valence-electron chi connectivity index (χ0n) is 11.4. The summed E-state index contributed by atoms with van der Waals surface area (Å²) in [5.74, 6) is -0.264. The highest BCUT2D eigenvalue weighted by atomic mass is 32.1. The molecule has 0 unspecified atom stereocenters. The molecule has 1 amide bonds. The largest absolute Gasteiger partial charge is 0.416 e. The van der Waals surface area contributed by atoms with Crippen LogP contribution in [0.5, 0.6) is 0 Å². The lowest BCUT2D eigenvalue weighted by atomic mass is 10.1. The van der Waals surface area contributed by atoms with Crippen LogP contribution >= 0.6 is 11.3 Å². The van der Waals surface area contributed by atoms with Crippen molar-refractivity contribution >= 4 is 17.2 Å². The van der Waals surface area contributed by atoms with Gasteiger partial charge in [0.05, 0.1) is 12.1 Å².